The number of fused-ring (bicyclic) bond motifs is 5. The summed E-state index contributed by atoms with van der Waals surface area (Å²) in [7, 11) is 0. The first kappa shape index (κ1) is 63.1. The van der Waals surface area contributed by atoms with Gasteiger partial charge in [-0.15, -0.1) is 0 Å². The van der Waals surface area contributed by atoms with Crippen molar-refractivity contribution in [3.8, 4) is 0 Å². The number of carboxylic acid groups (broad SMARTS) is 2. The molecule has 4 aliphatic rings. The number of carbonyl (C=O) groups excluding carboxylic acids is 10. The molecule has 7 rings (SSSR count). The van der Waals surface area contributed by atoms with Gasteiger partial charge >= 0.3 is 94.9 Å². The quantitative estimate of drug-likeness (QED) is 0.0529. The molecule has 11 atom stereocenters. The summed E-state index contributed by atoms with van der Waals surface area (Å²) in [6, 6.07) is 21.5. The molecule has 3 aliphatic carbocycles. The van der Waals surface area contributed by atoms with Gasteiger partial charge in [0.15, 0.2) is 17.5 Å². The van der Waals surface area contributed by atoms with E-state index in [-0.39, 0.29) is 93.4 Å². The number of amides is 1. The Morgan fingerprint density at radius 2 is 1.28 bits per heavy atom. The Kier molecular flexibility index (Phi) is 20.7. The molecule has 404 valence electrons. The van der Waals surface area contributed by atoms with Gasteiger partial charge < -0.3 is 63.4 Å². The minimum absolute atomic E-state index is 0. The summed E-state index contributed by atoms with van der Waals surface area (Å²) in [5.41, 5.74) is -8.75. The smallest absolute Gasteiger partial charge is 0.550 e. The van der Waals surface area contributed by atoms with Gasteiger partial charge in [-0.05, 0) is 67.7 Å². The number of carboxylic acids is 2. The van der Waals surface area contributed by atoms with Gasteiger partial charge in [0.25, 0.3) is 5.91 Å². The number of aliphatic carboxylic acids is 2. The SMILES string of the molecule is CC(=O)OC1C(=O)[C@]2(C)[C@@H](OC(=O)CCC(=O)[O-])C[C@H]3OC[C@@]3(OC(C)=O)[C@H]2[C@H](OC(=O)c2ccccc2)[C@]2(O)CC(OC(=O)C(OC(=O)CCC(=O)[O-])C(NC(=O)c3ccccc3)c3ccccc3)C(C)=C1C2(C)C.[Na+].[Na+]. The summed E-state index contributed by atoms with van der Waals surface area (Å²) in [5.74, 6) is -13.5. The van der Waals surface area contributed by atoms with E-state index >= 15 is 9.59 Å². The van der Waals surface area contributed by atoms with E-state index in [0.717, 1.165) is 13.8 Å². The number of nitrogens with one attached hydrogen (secondary N) is 1. The average Bonchev–Trinajstić information content (AvgIpc) is 3.37. The summed E-state index contributed by atoms with van der Waals surface area (Å²) >= 11 is 0. The van der Waals surface area contributed by atoms with Gasteiger partial charge in [0.05, 0.1) is 36.3 Å². The summed E-state index contributed by atoms with van der Waals surface area (Å²) in [5, 5.41) is 39.8. The van der Waals surface area contributed by atoms with Gasteiger partial charge in [0.1, 0.15) is 36.1 Å². The summed E-state index contributed by atoms with van der Waals surface area (Å²) < 4.78 is 42.5. The molecule has 1 aliphatic heterocycles. The van der Waals surface area contributed by atoms with Crippen molar-refractivity contribution in [1.82, 2.24) is 5.32 Å². The van der Waals surface area contributed by atoms with E-state index in [1.807, 2.05) is 0 Å². The summed E-state index contributed by atoms with van der Waals surface area (Å²) in [4.78, 5) is 137. The normalized spacial score (nSPS) is 27.1. The Morgan fingerprint density at radius 3 is 1.81 bits per heavy atom. The number of ketones is 1. The van der Waals surface area contributed by atoms with Crippen LogP contribution in [0.1, 0.15) is 112 Å². The number of carbonyl (C=O) groups is 10. The number of Topliss-reactive ketones (excluding diaryl/α,β-unsaturated/α-hetero) is 1. The van der Waals surface area contributed by atoms with Crippen LogP contribution in [0.2, 0.25) is 0 Å². The molecule has 2 bridgehead atoms. The molecule has 78 heavy (non-hydrogen) atoms. The van der Waals surface area contributed by atoms with E-state index in [4.69, 9.17) is 33.2 Å². The Balaban J connectivity index is 0.00000560. The third kappa shape index (κ3) is 12.6. The van der Waals surface area contributed by atoms with E-state index in [2.05, 4.69) is 5.32 Å². The second-order valence-electron chi connectivity index (χ2n) is 20.0. The number of hydrogen-bond acceptors (Lipinski definition) is 20. The molecule has 0 radical (unpaired) electrons. The van der Waals surface area contributed by atoms with E-state index in [1.54, 1.807) is 42.5 Å². The number of ether oxygens (including phenoxy) is 7. The van der Waals surface area contributed by atoms with Crippen LogP contribution in [0.4, 0.5) is 0 Å². The zero-order chi connectivity index (χ0) is 55.5. The van der Waals surface area contributed by atoms with Crippen molar-refractivity contribution in [3.63, 3.8) is 0 Å². The van der Waals surface area contributed by atoms with Crippen molar-refractivity contribution < 1.29 is 156 Å². The molecule has 2 saturated carbocycles. The molecule has 0 aromatic heterocycles. The van der Waals surface area contributed by atoms with Crippen LogP contribution in [-0.4, -0.2) is 119 Å². The monoisotopic (exact) mass is 1100 g/mol. The number of hydrogen-bond donors (Lipinski definition) is 2. The van der Waals surface area contributed by atoms with Crippen LogP contribution in [-0.2, 0) is 71.5 Å². The molecule has 1 amide bonds. The van der Waals surface area contributed by atoms with E-state index in [0.29, 0.717) is 0 Å². The molecule has 1 heterocycles. The van der Waals surface area contributed by atoms with Crippen molar-refractivity contribution in [1.29, 1.82) is 0 Å². The molecule has 2 N–H and O–H groups in total. The molecule has 3 aromatic carbocycles. The Hall–Kier alpha value is -5.78. The minimum Gasteiger partial charge on any atom is -0.550 e. The fourth-order valence-corrected chi connectivity index (χ4v) is 11.3. The second-order valence-corrected chi connectivity index (χ2v) is 20.0. The topological polar surface area (TPSA) is 314 Å². The Morgan fingerprint density at radius 1 is 0.731 bits per heavy atom. The molecule has 3 aromatic rings. The van der Waals surface area contributed by atoms with Crippen molar-refractivity contribution in [2.24, 2.45) is 16.7 Å². The zero-order valence-electron chi connectivity index (χ0n) is 44.4. The van der Waals surface area contributed by atoms with Gasteiger partial charge in [0, 0.05) is 49.6 Å². The summed E-state index contributed by atoms with van der Waals surface area (Å²) in [6.07, 6.45) is -15.1. The Labute approximate surface area is 493 Å². The van der Waals surface area contributed by atoms with E-state index in [9.17, 15) is 53.7 Å². The number of esters is 6. The molecule has 1 saturated heterocycles. The second kappa shape index (κ2) is 25.6. The van der Waals surface area contributed by atoms with Gasteiger partial charge in [-0.25, -0.2) is 9.59 Å². The predicted octanol–water partition coefficient (Wildman–Crippen LogP) is -4.09. The van der Waals surface area contributed by atoms with Crippen LogP contribution < -0.4 is 74.6 Å². The van der Waals surface area contributed by atoms with Crippen molar-refractivity contribution in [3.05, 3.63) is 119 Å². The third-order valence-corrected chi connectivity index (χ3v) is 15.0. The first-order valence-electron chi connectivity index (χ1n) is 24.5. The standard InChI is InChI=1S/C55H59NO20.2Na/c1-29-35(72-51(68)45(74-41(64)25-23-39(61)62)43(32-16-10-7-11-17-32)56-49(66)33-18-12-8-13-19-33)27-55(69)48(75-50(67)34-20-14-9-15-21-34)46-53(6,47(65)44(71-30(2)57)42(29)52(55,4)5)36(73-40(63)24-22-38(59)60)26-37-54(46,28-70-37)76-31(3)58;;/h7-21,35-37,43-46,48,69H,22-28H2,1-6H3,(H,56,66)(H,59,60)(H,61,62);;/q;2*+1/p-2/t35?,36-,37+,43?,44?,45?,46-,48-,53+,54-,55+;;/m0../s1. The number of aliphatic hydroxyl groups is 1. The minimum atomic E-state index is -2.64. The van der Waals surface area contributed by atoms with Crippen molar-refractivity contribution >= 4 is 59.4 Å². The van der Waals surface area contributed by atoms with Crippen LogP contribution in [0.15, 0.2) is 102 Å². The first-order chi connectivity index (χ1) is 35.8. The van der Waals surface area contributed by atoms with Crippen LogP contribution >= 0.6 is 0 Å². The molecule has 21 nitrogen and oxygen atoms in total. The predicted molar refractivity (Wildman–Crippen MR) is 254 cm³/mol. The zero-order valence-corrected chi connectivity index (χ0v) is 48.4. The van der Waals surface area contributed by atoms with Gasteiger partial charge in [-0.1, -0.05) is 80.6 Å². The summed E-state index contributed by atoms with van der Waals surface area (Å²) in [6.45, 7) is 7.20. The maximum Gasteiger partial charge on any atom is 1.00 e. The first-order valence-corrected chi connectivity index (χ1v) is 24.5. The average molecular weight is 1100 g/mol. The fraction of sp³-hybridized carbons (Fsp3) is 0.455. The number of benzene rings is 3. The molecule has 23 heteroatoms. The fourth-order valence-electron chi connectivity index (χ4n) is 11.3. The van der Waals surface area contributed by atoms with Gasteiger partial charge in [-0.2, -0.15) is 0 Å². The largest absolute Gasteiger partial charge is 1.00 e. The third-order valence-electron chi connectivity index (χ3n) is 15.0. The number of rotatable bonds is 18. The maximum absolute atomic E-state index is 16.2. The molecular weight excluding hydrogens is 1040 g/mol. The van der Waals surface area contributed by atoms with Crippen molar-refractivity contribution in [2.45, 2.75) is 134 Å². The van der Waals surface area contributed by atoms with E-state index < -0.39 is 169 Å². The molecule has 0 spiro atoms. The van der Waals surface area contributed by atoms with Crippen molar-refractivity contribution in [2.75, 3.05) is 6.61 Å². The van der Waals surface area contributed by atoms with Gasteiger partial charge in [-0.3, -0.25) is 28.8 Å². The van der Waals surface area contributed by atoms with Crippen LogP contribution in [0.25, 0.3) is 0 Å². The molecular formula is C55H57NNa2O20. The molecule has 4 unspecified atom stereocenters. The Bertz CT molecular complexity index is 2830. The maximum atomic E-state index is 16.2. The van der Waals surface area contributed by atoms with Crippen LogP contribution in [0, 0.1) is 16.7 Å². The molecule has 3 fully saturated rings. The van der Waals surface area contributed by atoms with Gasteiger partial charge in [0.2, 0.25) is 6.10 Å². The van der Waals surface area contributed by atoms with E-state index in [1.165, 1.54) is 76.2 Å². The van der Waals surface area contributed by atoms with Crippen LogP contribution in [0.5, 0.6) is 0 Å². The van der Waals surface area contributed by atoms with Crippen LogP contribution in [0.3, 0.4) is 0 Å².